The van der Waals surface area contributed by atoms with E-state index in [0.717, 1.165) is 6.20 Å². The summed E-state index contributed by atoms with van der Waals surface area (Å²) in [6, 6.07) is 2.62. The van der Waals surface area contributed by atoms with Crippen molar-refractivity contribution >= 4 is 16.0 Å². The van der Waals surface area contributed by atoms with Gasteiger partial charge in [-0.1, -0.05) is 6.92 Å². The molecular weight excluding hydrogens is 416 g/mol. The molecule has 1 fully saturated rings. The van der Waals surface area contributed by atoms with E-state index in [1.807, 2.05) is 6.92 Å². The Morgan fingerprint density at radius 1 is 1.17 bits per heavy atom. The molecule has 1 aliphatic heterocycles. The number of hydrogen-bond acceptors (Lipinski definition) is 7. The summed E-state index contributed by atoms with van der Waals surface area (Å²) in [4.78, 5) is 18.2. The van der Waals surface area contributed by atoms with Crippen molar-refractivity contribution in [1.29, 1.82) is 0 Å². The molecular formula is C18H19F2N7O2S. The zero-order valence-electron chi connectivity index (χ0n) is 16.0. The van der Waals surface area contributed by atoms with Crippen molar-refractivity contribution in [3.8, 4) is 11.5 Å². The third-order valence-corrected chi connectivity index (χ3v) is 7.00. The van der Waals surface area contributed by atoms with E-state index in [4.69, 9.17) is 5.73 Å². The number of piperidine rings is 1. The maximum atomic E-state index is 14.6. The van der Waals surface area contributed by atoms with Crippen LogP contribution in [0.1, 0.15) is 25.0 Å². The first-order valence-corrected chi connectivity index (χ1v) is 10.6. The van der Waals surface area contributed by atoms with Gasteiger partial charge in [0.15, 0.2) is 5.82 Å². The Balaban J connectivity index is 1.54. The van der Waals surface area contributed by atoms with E-state index in [0.29, 0.717) is 12.1 Å². The molecule has 0 saturated carbocycles. The van der Waals surface area contributed by atoms with E-state index >= 15 is 0 Å². The quantitative estimate of drug-likeness (QED) is 0.640. The van der Waals surface area contributed by atoms with Crippen LogP contribution in [0.5, 0.6) is 0 Å². The number of halogens is 2. The monoisotopic (exact) mass is 435 g/mol. The van der Waals surface area contributed by atoms with Gasteiger partial charge in [0.05, 0.1) is 24.3 Å². The highest BCUT2D eigenvalue weighted by molar-refractivity contribution is 7.89. The van der Waals surface area contributed by atoms with Crippen molar-refractivity contribution in [1.82, 2.24) is 29.2 Å². The number of aromatic amines is 1. The van der Waals surface area contributed by atoms with Crippen LogP contribution in [0.15, 0.2) is 35.6 Å². The lowest BCUT2D eigenvalue weighted by Gasteiger charge is -2.35. The number of aromatic nitrogens is 5. The minimum absolute atomic E-state index is 0.0119. The Hall–Kier alpha value is -2.99. The number of rotatable bonds is 4. The summed E-state index contributed by atoms with van der Waals surface area (Å²) in [6.45, 7) is 2.24. The fourth-order valence-corrected chi connectivity index (χ4v) is 5.06. The third kappa shape index (κ3) is 3.75. The van der Waals surface area contributed by atoms with Crippen LogP contribution < -0.4 is 5.73 Å². The predicted octanol–water partition coefficient (Wildman–Crippen LogP) is 1.94. The van der Waals surface area contributed by atoms with Crippen molar-refractivity contribution in [2.24, 2.45) is 5.92 Å². The van der Waals surface area contributed by atoms with Crippen LogP contribution in [0, 0.1) is 17.7 Å². The molecule has 4 heterocycles. The number of nitrogens with one attached hydrogen (secondary N) is 1. The second-order valence-corrected chi connectivity index (χ2v) is 9.10. The number of hydrogen-bond donors (Lipinski definition) is 2. The van der Waals surface area contributed by atoms with Gasteiger partial charge in [-0.3, -0.25) is 0 Å². The number of nitrogen functional groups attached to an aromatic ring is 1. The number of sulfonamides is 1. The minimum atomic E-state index is -3.78. The third-order valence-electron chi connectivity index (χ3n) is 5.18. The average molecular weight is 435 g/mol. The molecule has 3 aromatic heterocycles. The highest BCUT2D eigenvalue weighted by Gasteiger charge is 2.36. The number of imidazole rings is 1. The number of nitrogens with zero attached hydrogens (tertiary/aromatic N) is 5. The number of pyridine rings is 1. The average Bonchev–Trinajstić information content (AvgIpc) is 3.10. The van der Waals surface area contributed by atoms with E-state index in [1.54, 1.807) is 0 Å². The number of anilines is 1. The Kier molecular flexibility index (Phi) is 5.20. The van der Waals surface area contributed by atoms with Gasteiger partial charge >= 0.3 is 0 Å². The largest absolute Gasteiger partial charge is 0.368 e. The van der Waals surface area contributed by atoms with Crippen LogP contribution in [-0.4, -0.2) is 50.7 Å². The lowest BCUT2D eigenvalue weighted by molar-refractivity contribution is 0.242. The molecule has 9 nitrogen and oxygen atoms in total. The van der Waals surface area contributed by atoms with E-state index in [-0.39, 0.29) is 47.3 Å². The smallest absolute Gasteiger partial charge is 0.246 e. The van der Waals surface area contributed by atoms with Gasteiger partial charge in [0.1, 0.15) is 16.4 Å². The molecule has 158 valence electrons. The van der Waals surface area contributed by atoms with Crippen molar-refractivity contribution in [3.63, 3.8) is 0 Å². The van der Waals surface area contributed by atoms with E-state index in [2.05, 4.69) is 24.9 Å². The first-order valence-electron chi connectivity index (χ1n) is 9.20. The maximum Gasteiger partial charge on any atom is 0.246 e. The van der Waals surface area contributed by atoms with Gasteiger partial charge in [-0.15, -0.1) is 0 Å². The molecule has 0 unspecified atom stereocenters. The second kappa shape index (κ2) is 7.69. The summed E-state index contributed by atoms with van der Waals surface area (Å²) in [7, 11) is -3.78. The predicted molar refractivity (Wildman–Crippen MR) is 103 cm³/mol. The molecule has 0 spiro atoms. The lowest BCUT2D eigenvalue weighted by Crippen LogP contribution is -2.42. The fourth-order valence-electron chi connectivity index (χ4n) is 3.61. The van der Waals surface area contributed by atoms with Gasteiger partial charge in [-0.05, 0) is 24.5 Å². The molecule has 12 heteroatoms. The van der Waals surface area contributed by atoms with E-state index in [9.17, 15) is 17.2 Å². The van der Waals surface area contributed by atoms with Crippen molar-refractivity contribution in [2.45, 2.75) is 24.2 Å². The molecule has 0 bridgehead atoms. The Labute approximate surface area is 171 Å². The van der Waals surface area contributed by atoms with Crippen LogP contribution in [0.3, 0.4) is 0 Å². The Bertz CT molecular complexity index is 1150. The summed E-state index contributed by atoms with van der Waals surface area (Å²) in [5.74, 6) is -1.44. The molecule has 0 radical (unpaired) electrons. The highest BCUT2D eigenvalue weighted by atomic mass is 32.2. The van der Waals surface area contributed by atoms with Gasteiger partial charge in [0.2, 0.25) is 21.9 Å². The van der Waals surface area contributed by atoms with Crippen LogP contribution >= 0.6 is 0 Å². The van der Waals surface area contributed by atoms with Crippen molar-refractivity contribution in [2.75, 3.05) is 18.8 Å². The van der Waals surface area contributed by atoms with Crippen LogP contribution in [0.4, 0.5) is 14.7 Å². The standard InChI is InChI=1S/C18H19F2N7O2S/c1-10-9-27(30(28,29)12-7-23-18(21)24-8-12)5-4-13(10)15-16(20)26-17(25-15)14-3-2-11(19)6-22-14/h2-3,6-8,10,13H,4-5,9H2,1H3,(H,25,26)(H2,21,23,24)/t10-,13+/m1/s1. The SMILES string of the molecule is C[C@@H]1CN(S(=O)(=O)c2cnc(N)nc2)CC[C@@H]1c1[nH]c(-c2ccc(F)cn2)nc1F. The topological polar surface area (TPSA) is 131 Å². The normalized spacial score (nSPS) is 20.4. The molecule has 30 heavy (non-hydrogen) atoms. The van der Waals surface area contributed by atoms with Crippen LogP contribution in [-0.2, 0) is 10.0 Å². The molecule has 2 atom stereocenters. The molecule has 3 N–H and O–H groups in total. The van der Waals surface area contributed by atoms with Gasteiger partial charge in [0, 0.05) is 19.0 Å². The zero-order chi connectivity index (χ0) is 21.5. The minimum Gasteiger partial charge on any atom is -0.368 e. The summed E-state index contributed by atoms with van der Waals surface area (Å²) in [5.41, 5.74) is 6.03. The van der Waals surface area contributed by atoms with E-state index < -0.39 is 21.8 Å². The summed E-state index contributed by atoms with van der Waals surface area (Å²) >= 11 is 0. The molecule has 0 aliphatic carbocycles. The molecule has 4 rings (SSSR count). The van der Waals surface area contributed by atoms with Crippen LogP contribution in [0.25, 0.3) is 11.5 Å². The molecule has 1 aliphatic rings. The number of H-pyrrole nitrogens is 1. The molecule has 0 amide bonds. The van der Waals surface area contributed by atoms with Gasteiger partial charge in [0.25, 0.3) is 0 Å². The van der Waals surface area contributed by atoms with Crippen molar-refractivity contribution in [3.05, 3.63) is 48.2 Å². The Morgan fingerprint density at radius 3 is 2.53 bits per heavy atom. The first kappa shape index (κ1) is 20.3. The van der Waals surface area contributed by atoms with Gasteiger partial charge in [-0.2, -0.15) is 13.7 Å². The fraction of sp³-hybridized carbons (Fsp3) is 0.333. The zero-order valence-corrected chi connectivity index (χ0v) is 16.8. The van der Waals surface area contributed by atoms with Gasteiger partial charge < -0.3 is 10.7 Å². The molecule has 1 saturated heterocycles. The summed E-state index contributed by atoms with van der Waals surface area (Å²) < 4.78 is 54.7. The maximum absolute atomic E-state index is 14.6. The Morgan fingerprint density at radius 2 is 1.90 bits per heavy atom. The van der Waals surface area contributed by atoms with E-state index in [1.165, 1.54) is 28.8 Å². The summed E-state index contributed by atoms with van der Waals surface area (Å²) in [5, 5.41) is 0. The van der Waals surface area contributed by atoms with Crippen LogP contribution in [0.2, 0.25) is 0 Å². The van der Waals surface area contributed by atoms with Gasteiger partial charge in [-0.25, -0.2) is 27.8 Å². The molecule has 3 aromatic rings. The first-order chi connectivity index (χ1) is 14.3. The molecule has 0 aromatic carbocycles. The number of nitrogens with two attached hydrogens (primary N) is 1. The summed E-state index contributed by atoms with van der Waals surface area (Å²) in [6.07, 6.45) is 3.77. The lowest BCUT2D eigenvalue weighted by atomic mass is 9.85. The van der Waals surface area contributed by atoms with Crippen molar-refractivity contribution < 1.29 is 17.2 Å². The highest BCUT2D eigenvalue weighted by Crippen LogP contribution is 2.36. The second-order valence-electron chi connectivity index (χ2n) is 7.16.